The molecular weight excluding hydrogens is 362 g/mol. The van der Waals surface area contributed by atoms with Crippen LogP contribution in [0.1, 0.15) is 16.7 Å². The number of hydrogen-bond acceptors (Lipinski definition) is 3. The molecule has 0 N–H and O–H groups in total. The van der Waals surface area contributed by atoms with Gasteiger partial charge in [-0.15, -0.1) is 0 Å². The van der Waals surface area contributed by atoms with Crippen LogP contribution in [0.5, 0.6) is 11.5 Å². The molecule has 0 saturated carbocycles. The van der Waals surface area contributed by atoms with Crippen molar-refractivity contribution in [3.63, 3.8) is 0 Å². The maximum absolute atomic E-state index is 13.1. The topological polar surface area (TPSA) is 38.8 Å². The van der Waals surface area contributed by atoms with Crippen LogP contribution in [0.3, 0.4) is 0 Å². The van der Waals surface area contributed by atoms with E-state index < -0.39 is 0 Å². The summed E-state index contributed by atoms with van der Waals surface area (Å²) in [5.74, 6) is 1.24. The van der Waals surface area contributed by atoms with Gasteiger partial charge in [0.25, 0.3) is 0 Å². The Bertz CT molecular complexity index is 889. The van der Waals surface area contributed by atoms with Crippen molar-refractivity contribution in [2.24, 2.45) is 0 Å². The summed E-state index contributed by atoms with van der Waals surface area (Å²) < 4.78 is 10.8. The molecule has 0 bridgehead atoms. The lowest BCUT2D eigenvalue weighted by molar-refractivity contribution is -0.127. The van der Waals surface area contributed by atoms with Crippen molar-refractivity contribution in [3.8, 4) is 11.5 Å². The van der Waals surface area contributed by atoms with E-state index in [1.54, 1.807) is 26.4 Å². The second-order valence-corrected chi connectivity index (χ2v) is 6.58. The van der Waals surface area contributed by atoms with E-state index in [9.17, 15) is 4.79 Å². The van der Waals surface area contributed by atoms with E-state index in [4.69, 9.17) is 9.47 Å². The molecule has 4 nitrogen and oxygen atoms in total. The molecular formula is C25H25NO3. The molecule has 0 radical (unpaired) electrons. The molecule has 148 valence electrons. The molecule has 1 amide bonds. The summed E-state index contributed by atoms with van der Waals surface area (Å²) in [7, 11) is 3.20. The van der Waals surface area contributed by atoms with Gasteiger partial charge in [0.1, 0.15) is 11.5 Å². The van der Waals surface area contributed by atoms with Gasteiger partial charge in [-0.25, -0.2) is 0 Å². The van der Waals surface area contributed by atoms with Gasteiger partial charge in [-0.1, -0.05) is 66.7 Å². The number of amides is 1. The first-order valence-corrected chi connectivity index (χ1v) is 9.47. The van der Waals surface area contributed by atoms with Crippen LogP contribution < -0.4 is 9.47 Å². The van der Waals surface area contributed by atoms with E-state index in [2.05, 4.69) is 0 Å². The maximum atomic E-state index is 13.1. The minimum Gasteiger partial charge on any atom is -0.496 e. The van der Waals surface area contributed by atoms with Crippen molar-refractivity contribution in [2.75, 3.05) is 14.2 Å². The zero-order valence-electron chi connectivity index (χ0n) is 16.7. The maximum Gasteiger partial charge on any atom is 0.247 e. The lowest BCUT2D eigenvalue weighted by atomic mass is 10.1. The molecule has 3 aromatic rings. The molecule has 0 atom stereocenters. The van der Waals surface area contributed by atoms with E-state index in [1.807, 2.05) is 83.8 Å². The summed E-state index contributed by atoms with van der Waals surface area (Å²) in [6.45, 7) is 1.06. The third-order valence-corrected chi connectivity index (χ3v) is 4.60. The van der Waals surface area contributed by atoms with Gasteiger partial charge in [0.05, 0.1) is 19.8 Å². The number of nitrogens with zero attached hydrogens (tertiary/aromatic N) is 1. The van der Waals surface area contributed by atoms with E-state index in [0.29, 0.717) is 24.6 Å². The normalized spacial score (nSPS) is 10.7. The fraction of sp³-hybridized carbons (Fsp3) is 0.160. The van der Waals surface area contributed by atoms with Crippen molar-refractivity contribution in [2.45, 2.75) is 13.1 Å². The molecule has 3 aromatic carbocycles. The molecule has 29 heavy (non-hydrogen) atoms. The first-order valence-electron chi connectivity index (χ1n) is 9.47. The molecule has 0 unspecified atom stereocenters. The lowest BCUT2D eigenvalue weighted by Crippen LogP contribution is -2.28. The van der Waals surface area contributed by atoms with Crippen LogP contribution in [-0.2, 0) is 17.9 Å². The Kier molecular flexibility index (Phi) is 7.06. The van der Waals surface area contributed by atoms with Gasteiger partial charge in [-0.05, 0) is 29.3 Å². The molecule has 0 aromatic heterocycles. The number of carbonyl (C=O) groups is 1. The first kappa shape index (κ1) is 20.2. The molecule has 0 aliphatic heterocycles. The molecule has 0 aliphatic carbocycles. The number of hydrogen-bond donors (Lipinski definition) is 0. The molecule has 0 spiro atoms. The number of carbonyl (C=O) groups excluding carboxylic acids is 1. The largest absolute Gasteiger partial charge is 0.496 e. The van der Waals surface area contributed by atoms with Crippen LogP contribution in [0, 0.1) is 0 Å². The molecule has 0 saturated heterocycles. The quantitative estimate of drug-likeness (QED) is 0.514. The minimum atomic E-state index is -0.0781. The summed E-state index contributed by atoms with van der Waals surface area (Å²) in [6, 6.07) is 25.5. The Morgan fingerprint density at radius 3 is 1.69 bits per heavy atom. The van der Waals surface area contributed by atoms with Crippen LogP contribution in [0.15, 0.2) is 84.9 Å². The van der Waals surface area contributed by atoms with E-state index in [-0.39, 0.29) is 5.91 Å². The van der Waals surface area contributed by atoms with Gasteiger partial charge in [0.2, 0.25) is 5.91 Å². The standard InChI is InChI=1S/C25H25NO3/c1-28-23-14-9-15-24(29-2)22(23)16-17-25(27)26(18-20-10-5-3-6-11-20)19-21-12-7-4-8-13-21/h3-17H,18-19H2,1-2H3/b17-16+. The van der Waals surface area contributed by atoms with Crippen LogP contribution in [-0.4, -0.2) is 25.0 Å². The Hall–Kier alpha value is -3.53. The lowest BCUT2D eigenvalue weighted by Gasteiger charge is -2.22. The predicted octanol–water partition coefficient (Wildman–Crippen LogP) is 4.95. The van der Waals surface area contributed by atoms with Crippen molar-refractivity contribution in [1.29, 1.82) is 0 Å². The SMILES string of the molecule is COc1cccc(OC)c1/C=C/C(=O)N(Cc1ccccc1)Cc1ccccc1. The number of methoxy groups -OCH3 is 2. The van der Waals surface area contributed by atoms with E-state index in [0.717, 1.165) is 16.7 Å². The second kappa shape index (κ2) is 10.1. The van der Waals surface area contributed by atoms with Crippen LogP contribution in [0.4, 0.5) is 0 Å². The summed E-state index contributed by atoms with van der Waals surface area (Å²) >= 11 is 0. The van der Waals surface area contributed by atoms with Crippen molar-refractivity contribution in [3.05, 3.63) is 102 Å². The fourth-order valence-electron chi connectivity index (χ4n) is 3.12. The van der Waals surface area contributed by atoms with Crippen molar-refractivity contribution >= 4 is 12.0 Å². The predicted molar refractivity (Wildman–Crippen MR) is 116 cm³/mol. The van der Waals surface area contributed by atoms with Gasteiger partial charge >= 0.3 is 0 Å². The summed E-state index contributed by atoms with van der Waals surface area (Å²) in [5, 5.41) is 0. The molecule has 4 heteroatoms. The van der Waals surface area contributed by atoms with Gasteiger partial charge in [0, 0.05) is 19.2 Å². The Morgan fingerprint density at radius 1 is 0.759 bits per heavy atom. The average molecular weight is 387 g/mol. The monoisotopic (exact) mass is 387 g/mol. The first-order chi connectivity index (χ1) is 14.2. The molecule has 3 rings (SSSR count). The summed E-state index contributed by atoms with van der Waals surface area (Å²) in [5.41, 5.74) is 2.91. The highest BCUT2D eigenvalue weighted by molar-refractivity contribution is 5.92. The fourth-order valence-corrected chi connectivity index (χ4v) is 3.12. The highest BCUT2D eigenvalue weighted by Crippen LogP contribution is 2.29. The number of rotatable bonds is 8. The van der Waals surface area contributed by atoms with E-state index in [1.165, 1.54) is 0 Å². The molecule has 0 fully saturated rings. The van der Waals surface area contributed by atoms with Gasteiger partial charge < -0.3 is 14.4 Å². The van der Waals surface area contributed by atoms with Crippen molar-refractivity contribution in [1.82, 2.24) is 4.90 Å². The Morgan fingerprint density at radius 2 is 1.24 bits per heavy atom. The average Bonchev–Trinajstić information content (AvgIpc) is 2.78. The van der Waals surface area contributed by atoms with Crippen molar-refractivity contribution < 1.29 is 14.3 Å². The highest BCUT2D eigenvalue weighted by Gasteiger charge is 2.13. The summed E-state index contributed by atoms with van der Waals surface area (Å²) in [6.07, 6.45) is 3.33. The summed E-state index contributed by atoms with van der Waals surface area (Å²) in [4.78, 5) is 14.9. The number of benzene rings is 3. The van der Waals surface area contributed by atoms with Crippen LogP contribution >= 0.6 is 0 Å². The Labute approximate surface area is 172 Å². The number of ether oxygens (including phenoxy) is 2. The minimum absolute atomic E-state index is 0.0781. The highest BCUT2D eigenvalue weighted by atomic mass is 16.5. The second-order valence-electron chi connectivity index (χ2n) is 6.58. The Balaban J connectivity index is 1.85. The third-order valence-electron chi connectivity index (χ3n) is 4.60. The van der Waals surface area contributed by atoms with E-state index >= 15 is 0 Å². The van der Waals surface area contributed by atoms with Gasteiger partial charge in [0.15, 0.2) is 0 Å². The van der Waals surface area contributed by atoms with Crippen LogP contribution in [0.2, 0.25) is 0 Å². The van der Waals surface area contributed by atoms with Gasteiger partial charge in [-0.2, -0.15) is 0 Å². The molecule has 0 heterocycles. The zero-order valence-corrected chi connectivity index (χ0v) is 16.7. The third kappa shape index (κ3) is 5.48. The molecule has 0 aliphatic rings. The van der Waals surface area contributed by atoms with Gasteiger partial charge in [-0.3, -0.25) is 4.79 Å². The smallest absolute Gasteiger partial charge is 0.247 e. The zero-order chi connectivity index (χ0) is 20.5. The van der Waals surface area contributed by atoms with Crippen LogP contribution in [0.25, 0.3) is 6.08 Å².